The Morgan fingerprint density at radius 3 is 2.57 bits per heavy atom. The van der Waals surface area contributed by atoms with Gasteiger partial charge in [-0.25, -0.2) is 0 Å². The van der Waals surface area contributed by atoms with E-state index in [1.54, 1.807) is 0 Å². The lowest BCUT2D eigenvalue weighted by Gasteiger charge is -2.16. The van der Waals surface area contributed by atoms with Crippen molar-refractivity contribution in [2.75, 3.05) is 19.4 Å². The SMILES string of the molecule is CCOc1ccc(C(CSc2cc(C)nn2C)NC)cc1. The van der Waals surface area contributed by atoms with Gasteiger partial charge in [-0.2, -0.15) is 5.10 Å². The minimum atomic E-state index is 0.306. The van der Waals surface area contributed by atoms with Crippen LogP contribution in [0.15, 0.2) is 35.4 Å². The predicted octanol–water partition coefficient (Wildman–Crippen LogP) is 3.18. The van der Waals surface area contributed by atoms with E-state index in [0.717, 1.165) is 17.2 Å². The summed E-state index contributed by atoms with van der Waals surface area (Å²) in [5, 5.41) is 8.95. The molecule has 1 heterocycles. The van der Waals surface area contributed by atoms with Crippen molar-refractivity contribution in [1.29, 1.82) is 0 Å². The molecule has 21 heavy (non-hydrogen) atoms. The number of aromatic nitrogens is 2. The summed E-state index contributed by atoms with van der Waals surface area (Å²) < 4.78 is 7.42. The first-order valence-corrected chi connectivity index (χ1v) is 8.16. The first-order chi connectivity index (χ1) is 10.1. The number of aryl methyl sites for hydroxylation is 2. The molecule has 1 atom stereocenters. The van der Waals surface area contributed by atoms with Crippen LogP contribution < -0.4 is 10.1 Å². The number of hydrogen-bond acceptors (Lipinski definition) is 4. The third-order valence-corrected chi connectivity index (χ3v) is 4.48. The van der Waals surface area contributed by atoms with Crippen molar-refractivity contribution in [2.24, 2.45) is 7.05 Å². The molecule has 114 valence electrons. The fraction of sp³-hybridized carbons (Fsp3) is 0.438. The molecule has 0 fully saturated rings. The van der Waals surface area contributed by atoms with E-state index in [1.165, 1.54) is 10.6 Å². The predicted molar refractivity (Wildman–Crippen MR) is 88.1 cm³/mol. The van der Waals surface area contributed by atoms with Gasteiger partial charge in [0.05, 0.1) is 17.3 Å². The zero-order chi connectivity index (χ0) is 15.2. The second-order valence-corrected chi connectivity index (χ2v) is 5.94. The largest absolute Gasteiger partial charge is 0.494 e. The van der Waals surface area contributed by atoms with Crippen molar-refractivity contribution >= 4 is 11.8 Å². The lowest BCUT2D eigenvalue weighted by atomic mass is 10.1. The number of thioether (sulfide) groups is 1. The van der Waals surface area contributed by atoms with Crippen LogP contribution in [0, 0.1) is 6.92 Å². The number of nitrogens with zero attached hydrogens (tertiary/aromatic N) is 2. The van der Waals surface area contributed by atoms with Gasteiger partial charge < -0.3 is 10.1 Å². The molecule has 0 aliphatic rings. The van der Waals surface area contributed by atoms with Crippen molar-refractivity contribution in [1.82, 2.24) is 15.1 Å². The molecule has 0 saturated carbocycles. The molecular weight excluding hydrogens is 282 g/mol. The van der Waals surface area contributed by atoms with Crippen molar-refractivity contribution in [3.05, 3.63) is 41.6 Å². The number of hydrogen-bond donors (Lipinski definition) is 1. The minimum absolute atomic E-state index is 0.306. The van der Waals surface area contributed by atoms with Crippen LogP contribution in [-0.2, 0) is 7.05 Å². The monoisotopic (exact) mass is 305 g/mol. The van der Waals surface area contributed by atoms with Crippen LogP contribution in [0.5, 0.6) is 5.75 Å². The average molecular weight is 305 g/mol. The lowest BCUT2D eigenvalue weighted by Crippen LogP contribution is -2.18. The molecule has 0 bridgehead atoms. The third kappa shape index (κ3) is 4.25. The molecule has 0 aliphatic heterocycles. The first kappa shape index (κ1) is 15.9. The summed E-state index contributed by atoms with van der Waals surface area (Å²) in [4.78, 5) is 0. The molecule has 1 aromatic carbocycles. The Bertz CT molecular complexity index is 565. The van der Waals surface area contributed by atoms with Gasteiger partial charge in [-0.15, -0.1) is 11.8 Å². The molecule has 0 spiro atoms. The van der Waals surface area contributed by atoms with Crippen LogP contribution in [-0.4, -0.2) is 29.2 Å². The summed E-state index contributed by atoms with van der Waals surface area (Å²) >= 11 is 1.82. The fourth-order valence-electron chi connectivity index (χ4n) is 2.20. The standard InChI is InChI=1S/C16H23N3OS/c1-5-20-14-8-6-13(7-9-14)15(17-3)11-21-16-10-12(2)18-19(16)4/h6-10,15,17H,5,11H2,1-4H3. The highest BCUT2D eigenvalue weighted by Crippen LogP contribution is 2.26. The number of nitrogens with one attached hydrogen (secondary N) is 1. The zero-order valence-corrected chi connectivity index (χ0v) is 13.9. The number of benzene rings is 1. The highest BCUT2D eigenvalue weighted by atomic mass is 32.2. The molecule has 2 aromatic rings. The van der Waals surface area contributed by atoms with Gasteiger partial charge in [0.1, 0.15) is 5.75 Å². The summed E-state index contributed by atoms with van der Waals surface area (Å²) in [5.41, 5.74) is 2.33. The molecule has 0 saturated heterocycles. The van der Waals surface area contributed by atoms with Crippen molar-refractivity contribution in [3.8, 4) is 5.75 Å². The second-order valence-electron chi connectivity index (χ2n) is 4.90. The summed E-state index contributed by atoms with van der Waals surface area (Å²) in [7, 11) is 3.98. The first-order valence-electron chi connectivity index (χ1n) is 7.17. The summed E-state index contributed by atoms with van der Waals surface area (Å²) in [6, 6.07) is 10.7. The minimum Gasteiger partial charge on any atom is -0.494 e. The molecule has 1 aromatic heterocycles. The summed E-state index contributed by atoms with van der Waals surface area (Å²) in [5.74, 6) is 1.88. The van der Waals surface area contributed by atoms with Crippen molar-refractivity contribution in [2.45, 2.75) is 24.9 Å². The Morgan fingerprint density at radius 2 is 2.05 bits per heavy atom. The van der Waals surface area contributed by atoms with Crippen LogP contribution in [0.2, 0.25) is 0 Å². The maximum Gasteiger partial charge on any atom is 0.119 e. The van der Waals surface area contributed by atoms with E-state index in [2.05, 4.69) is 28.6 Å². The molecular formula is C16H23N3OS. The van der Waals surface area contributed by atoms with Gasteiger partial charge in [0, 0.05) is 18.8 Å². The Labute approximate surface area is 130 Å². The lowest BCUT2D eigenvalue weighted by molar-refractivity contribution is 0.340. The average Bonchev–Trinajstić information content (AvgIpc) is 2.80. The Balaban J connectivity index is 2.00. The third-order valence-electron chi connectivity index (χ3n) is 3.30. The topological polar surface area (TPSA) is 39.1 Å². The van der Waals surface area contributed by atoms with Crippen molar-refractivity contribution in [3.63, 3.8) is 0 Å². The fourth-order valence-corrected chi connectivity index (χ4v) is 3.38. The molecule has 1 unspecified atom stereocenters. The van der Waals surface area contributed by atoms with Gasteiger partial charge in [-0.1, -0.05) is 12.1 Å². The quantitative estimate of drug-likeness (QED) is 0.798. The highest BCUT2D eigenvalue weighted by molar-refractivity contribution is 7.99. The van der Waals surface area contributed by atoms with E-state index in [-0.39, 0.29) is 0 Å². The van der Waals surface area contributed by atoms with Crippen molar-refractivity contribution < 1.29 is 4.74 Å². The van der Waals surface area contributed by atoms with Crippen LogP contribution >= 0.6 is 11.8 Å². The molecule has 4 nitrogen and oxygen atoms in total. The molecule has 5 heteroatoms. The van der Waals surface area contributed by atoms with Gasteiger partial charge in [0.15, 0.2) is 0 Å². The van der Waals surface area contributed by atoms with Crippen LogP contribution in [0.4, 0.5) is 0 Å². The van der Waals surface area contributed by atoms with Gasteiger partial charge >= 0.3 is 0 Å². The van der Waals surface area contributed by atoms with Gasteiger partial charge in [0.25, 0.3) is 0 Å². The maximum absolute atomic E-state index is 5.48. The van der Waals surface area contributed by atoms with E-state index >= 15 is 0 Å². The normalized spacial score (nSPS) is 12.4. The van der Waals surface area contributed by atoms with Gasteiger partial charge in [0.2, 0.25) is 0 Å². The highest BCUT2D eigenvalue weighted by Gasteiger charge is 2.12. The Morgan fingerprint density at radius 1 is 1.33 bits per heavy atom. The van der Waals surface area contributed by atoms with Gasteiger partial charge in [-0.05, 0) is 44.7 Å². The van der Waals surface area contributed by atoms with E-state index in [9.17, 15) is 0 Å². The molecule has 0 radical (unpaired) electrons. The molecule has 0 aliphatic carbocycles. The molecule has 2 rings (SSSR count). The Kier molecular flexibility index (Phi) is 5.70. The maximum atomic E-state index is 5.48. The molecule has 0 amide bonds. The number of ether oxygens (including phenoxy) is 1. The molecule has 1 N–H and O–H groups in total. The second kappa shape index (κ2) is 7.52. The van der Waals surface area contributed by atoms with E-state index in [4.69, 9.17) is 4.74 Å². The van der Waals surface area contributed by atoms with Gasteiger partial charge in [-0.3, -0.25) is 4.68 Å². The summed E-state index contributed by atoms with van der Waals surface area (Å²) in [6.45, 7) is 4.72. The Hall–Kier alpha value is -1.46. The van der Waals surface area contributed by atoms with Crippen LogP contribution in [0.1, 0.15) is 24.2 Å². The van der Waals surface area contributed by atoms with E-state index in [0.29, 0.717) is 12.6 Å². The van der Waals surface area contributed by atoms with E-state index < -0.39 is 0 Å². The van der Waals surface area contributed by atoms with E-state index in [1.807, 2.05) is 56.5 Å². The van der Waals surface area contributed by atoms with Crippen LogP contribution in [0.25, 0.3) is 0 Å². The summed E-state index contributed by atoms with van der Waals surface area (Å²) in [6.07, 6.45) is 0. The smallest absolute Gasteiger partial charge is 0.119 e. The zero-order valence-electron chi connectivity index (χ0n) is 13.1. The number of rotatable bonds is 7. The van der Waals surface area contributed by atoms with Crippen LogP contribution in [0.3, 0.4) is 0 Å².